The summed E-state index contributed by atoms with van der Waals surface area (Å²) in [6, 6.07) is 3.17. The van der Waals surface area contributed by atoms with E-state index in [1.807, 2.05) is 32.0 Å². The molecule has 0 aliphatic carbocycles. The largest absolute Gasteiger partial charge is 0.464 e. The van der Waals surface area contributed by atoms with Gasteiger partial charge < -0.3 is 14.1 Å². The summed E-state index contributed by atoms with van der Waals surface area (Å²) in [4.78, 5) is 1.96. The Morgan fingerprint density at radius 2 is 2.10 bits per heavy atom. The Kier molecular flexibility index (Phi) is 7.37. The summed E-state index contributed by atoms with van der Waals surface area (Å²) < 4.78 is 37.6. The second kappa shape index (κ2) is 8.53. The third-order valence-electron chi connectivity index (χ3n) is 3.05. The Labute approximate surface area is 127 Å². The average Bonchev–Trinajstić information content (AvgIpc) is 2.86. The minimum absolute atomic E-state index is 0.0900. The van der Waals surface area contributed by atoms with E-state index in [1.54, 1.807) is 6.07 Å². The van der Waals surface area contributed by atoms with Crippen molar-refractivity contribution in [3.63, 3.8) is 0 Å². The highest BCUT2D eigenvalue weighted by Crippen LogP contribution is 2.18. The summed E-state index contributed by atoms with van der Waals surface area (Å²) in [7, 11) is 2.02. The number of ether oxygens (including phenoxy) is 1. The van der Waals surface area contributed by atoms with Gasteiger partial charge in [-0.05, 0) is 39.2 Å². The van der Waals surface area contributed by atoms with Crippen molar-refractivity contribution in [2.24, 2.45) is 0 Å². The Morgan fingerprint density at radius 1 is 1.38 bits per heavy atom. The number of methoxy groups -OCH3 is 1. The van der Waals surface area contributed by atoms with E-state index < -0.39 is 16.1 Å². The molecule has 0 saturated heterocycles. The van der Waals surface area contributed by atoms with Crippen LogP contribution >= 0.6 is 0 Å². The third-order valence-corrected chi connectivity index (χ3v) is 4.52. The van der Waals surface area contributed by atoms with Gasteiger partial charge in [0, 0.05) is 13.5 Å². The number of aryl methyl sites for hydroxylation is 1. The van der Waals surface area contributed by atoms with Crippen LogP contribution in [0.2, 0.25) is 0 Å². The van der Waals surface area contributed by atoms with E-state index in [0.717, 1.165) is 18.7 Å². The quantitative estimate of drug-likeness (QED) is 0.706. The molecule has 0 aliphatic heterocycles. The first-order valence-electron chi connectivity index (χ1n) is 7.10. The second-order valence-corrected chi connectivity index (χ2v) is 7.13. The van der Waals surface area contributed by atoms with Crippen LogP contribution in [-0.4, -0.2) is 53.4 Å². The molecule has 1 heterocycles. The average molecular weight is 318 g/mol. The van der Waals surface area contributed by atoms with Crippen molar-refractivity contribution in [2.75, 3.05) is 40.1 Å². The normalized spacial score (nSPS) is 13.8. The van der Waals surface area contributed by atoms with Crippen molar-refractivity contribution in [1.82, 2.24) is 9.62 Å². The topological polar surface area (TPSA) is 71.8 Å². The highest BCUT2D eigenvalue weighted by Gasteiger charge is 2.22. The van der Waals surface area contributed by atoms with Crippen LogP contribution in [0.15, 0.2) is 16.5 Å². The number of nitrogens with zero attached hydrogens (tertiary/aromatic N) is 1. The molecule has 0 saturated carbocycles. The van der Waals surface area contributed by atoms with Gasteiger partial charge in [0.15, 0.2) is 0 Å². The van der Waals surface area contributed by atoms with Gasteiger partial charge in [-0.25, -0.2) is 13.1 Å². The van der Waals surface area contributed by atoms with E-state index in [9.17, 15) is 8.42 Å². The van der Waals surface area contributed by atoms with Crippen LogP contribution in [-0.2, 0) is 21.2 Å². The number of nitrogens with one attached hydrogen (secondary N) is 1. The lowest BCUT2D eigenvalue weighted by molar-refractivity contribution is 0.165. The third kappa shape index (κ3) is 6.60. The predicted octanol–water partition coefficient (Wildman–Crippen LogP) is 1.40. The standard InChI is InChI=1S/C14H26N2O4S/c1-5-12-7-8-14(20-12)13(11-19-4)15-21(17,18)10-6-9-16(2)3/h7-8,13,15H,5-6,9-11H2,1-4H3/t13-/m0/s1. The molecule has 0 radical (unpaired) electrons. The minimum Gasteiger partial charge on any atom is -0.464 e. The fourth-order valence-electron chi connectivity index (χ4n) is 1.96. The number of rotatable bonds is 10. The van der Waals surface area contributed by atoms with Crippen LogP contribution in [0.5, 0.6) is 0 Å². The van der Waals surface area contributed by atoms with E-state index in [1.165, 1.54) is 7.11 Å². The molecule has 0 spiro atoms. The molecule has 0 bridgehead atoms. The molecule has 1 N–H and O–H groups in total. The highest BCUT2D eigenvalue weighted by atomic mass is 32.2. The fraction of sp³-hybridized carbons (Fsp3) is 0.714. The van der Waals surface area contributed by atoms with E-state index in [-0.39, 0.29) is 12.4 Å². The lowest BCUT2D eigenvalue weighted by Crippen LogP contribution is -2.33. The summed E-state index contributed by atoms with van der Waals surface area (Å²) >= 11 is 0. The van der Waals surface area contributed by atoms with Gasteiger partial charge in [0.2, 0.25) is 10.0 Å². The number of sulfonamides is 1. The number of furan rings is 1. The van der Waals surface area contributed by atoms with E-state index in [2.05, 4.69) is 4.72 Å². The number of hydrogen-bond acceptors (Lipinski definition) is 5. The van der Waals surface area contributed by atoms with Crippen molar-refractivity contribution in [1.29, 1.82) is 0 Å². The Morgan fingerprint density at radius 3 is 2.62 bits per heavy atom. The molecule has 7 heteroatoms. The van der Waals surface area contributed by atoms with Gasteiger partial charge >= 0.3 is 0 Å². The molecule has 21 heavy (non-hydrogen) atoms. The van der Waals surface area contributed by atoms with Crippen molar-refractivity contribution < 1.29 is 17.6 Å². The van der Waals surface area contributed by atoms with Gasteiger partial charge in [0.05, 0.1) is 12.4 Å². The SMILES string of the molecule is CCc1ccc([C@H](COC)NS(=O)(=O)CCCN(C)C)o1. The number of hydrogen-bond donors (Lipinski definition) is 1. The Balaban J connectivity index is 2.68. The lowest BCUT2D eigenvalue weighted by Gasteiger charge is -2.16. The summed E-state index contributed by atoms with van der Waals surface area (Å²) in [5, 5.41) is 0. The molecule has 0 amide bonds. The molecule has 1 aromatic heterocycles. The molecule has 1 aromatic rings. The van der Waals surface area contributed by atoms with Gasteiger partial charge in [0.25, 0.3) is 0 Å². The highest BCUT2D eigenvalue weighted by molar-refractivity contribution is 7.89. The molecular weight excluding hydrogens is 292 g/mol. The molecule has 1 atom stereocenters. The molecule has 6 nitrogen and oxygen atoms in total. The smallest absolute Gasteiger partial charge is 0.212 e. The first-order chi connectivity index (χ1) is 9.88. The van der Waals surface area contributed by atoms with E-state index >= 15 is 0 Å². The lowest BCUT2D eigenvalue weighted by atomic mass is 10.2. The maximum atomic E-state index is 12.1. The molecule has 0 fully saturated rings. The predicted molar refractivity (Wildman–Crippen MR) is 82.8 cm³/mol. The summed E-state index contributed by atoms with van der Waals surface area (Å²) in [6.07, 6.45) is 1.36. The van der Waals surface area contributed by atoms with E-state index in [4.69, 9.17) is 9.15 Å². The van der Waals surface area contributed by atoms with Gasteiger partial charge in [-0.3, -0.25) is 0 Å². The zero-order valence-corrected chi connectivity index (χ0v) is 14.1. The van der Waals surface area contributed by atoms with Crippen molar-refractivity contribution in [3.8, 4) is 0 Å². The van der Waals surface area contributed by atoms with E-state index in [0.29, 0.717) is 12.2 Å². The van der Waals surface area contributed by atoms with Crippen LogP contribution in [0.4, 0.5) is 0 Å². The Hall–Kier alpha value is -0.890. The first-order valence-corrected chi connectivity index (χ1v) is 8.75. The van der Waals surface area contributed by atoms with Crippen LogP contribution in [0, 0.1) is 0 Å². The van der Waals surface area contributed by atoms with Crippen molar-refractivity contribution in [2.45, 2.75) is 25.8 Å². The summed E-state index contributed by atoms with van der Waals surface area (Å²) in [5.41, 5.74) is 0. The fourth-order valence-corrected chi connectivity index (χ4v) is 3.20. The molecule has 0 aliphatic rings. The molecule has 0 unspecified atom stereocenters. The monoisotopic (exact) mass is 318 g/mol. The van der Waals surface area contributed by atoms with Gasteiger partial charge in [-0.15, -0.1) is 0 Å². The van der Waals surface area contributed by atoms with Crippen LogP contribution < -0.4 is 4.72 Å². The zero-order valence-electron chi connectivity index (χ0n) is 13.3. The van der Waals surface area contributed by atoms with Gasteiger partial charge in [-0.2, -0.15) is 0 Å². The molecule has 122 valence electrons. The molecule has 0 aromatic carbocycles. The van der Waals surface area contributed by atoms with Crippen molar-refractivity contribution >= 4 is 10.0 Å². The first kappa shape index (κ1) is 18.2. The summed E-state index contributed by atoms with van der Waals surface area (Å²) in [6.45, 7) is 2.96. The molecular formula is C14H26N2O4S. The van der Waals surface area contributed by atoms with Crippen LogP contribution in [0.3, 0.4) is 0 Å². The van der Waals surface area contributed by atoms with Crippen LogP contribution in [0.25, 0.3) is 0 Å². The molecule has 1 rings (SSSR count). The second-order valence-electron chi connectivity index (χ2n) is 5.26. The maximum absolute atomic E-state index is 12.1. The van der Waals surface area contributed by atoms with Gasteiger partial charge in [0.1, 0.15) is 17.6 Å². The minimum atomic E-state index is -3.36. The maximum Gasteiger partial charge on any atom is 0.212 e. The van der Waals surface area contributed by atoms with Gasteiger partial charge in [-0.1, -0.05) is 6.92 Å². The van der Waals surface area contributed by atoms with Crippen LogP contribution in [0.1, 0.15) is 30.9 Å². The van der Waals surface area contributed by atoms with Crippen molar-refractivity contribution in [3.05, 3.63) is 23.7 Å². The zero-order chi connectivity index (χ0) is 15.9. The Bertz CT molecular complexity index is 511. The summed E-state index contributed by atoms with van der Waals surface area (Å²) in [5.74, 6) is 1.51.